The summed E-state index contributed by atoms with van der Waals surface area (Å²) in [6.45, 7) is 6.51. The Bertz CT molecular complexity index is 1750. The lowest BCUT2D eigenvalue weighted by Crippen LogP contribution is -2.30. The molecule has 0 aromatic rings. The van der Waals surface area contributed by atoms with Crippen molar-refractivity contribution in [3.63, 3.8) is 0 Å². The number of hydrogen-bond donors (Lipinski definition) is 0. The molecule has 0 fully saturated rings. The topological polar surface area (TPSA) is 78.9 Å². The number of esters is 3. The van der Waals surface area contributed by atoms with Crippen molar-refractivity contribution in [2.45, 2.75) is 322 Å². The molecule has 0 aromatic carbocycles. The highest BCUT2D eigenvalue weighted by atomic mass is 16.6. The molecule has 0 saturated heterocycles. The quantitative estimate of drug-likeness (QED) is 0.0261. The molecule has 1 atom stereocenters. The molecule has 0 aliphatic heterocycles. The fourth-order valence-corrected chi connectivity index (χ4v) is 9.47. The third-order valence-corrected chi connectivity index (χ3v) is 14.6. The van der Waals surface area contributed by atoms with Crippen molar-refractivity contribution in [2.24, 2.45) is 0 Å². The maximum atomic E-state index is 12.9. The van der Waals surface area contributed by atoms with Gasteiger partial charge in [-0.25, -0.2) is 0 Å². The molecular weight excluding hydrogens is 1020 g/mol. The van der Waals surface area contributed by atoms with Gasteiger partial charge in [0.1, 0.15) is 13.2 Å². The van der Waals surface area contributed by atoms with Gasteiger partial charge in [0, 0.05) is 19.3 Å². The summed E-state index contributed by atoms with van der Waals surface area (Å²) >= 11 is 0. The largest absolute Gasteiger partial charge is 0.462 e. The number of rotatable bonds is 62. The van der Waals surface area contributed by atoms with Crippen molar-refractivity contribution >= 4 is 17.9 Å². The number of carbonyl (C=O) groups excluding carboxylic acids is 3. The summed E-state index contributed by atoms with van der Waals surface area (Å²) in [5, 5.41) is 0. The van der Waals surface area contributed by atoms with Gasteiger partial charge in [0.15, 0.2) is 6.10 Å². The normalized spacial score (nSPS) is 13.0. The summed E-state index contributed by atoms with van der Waals surface area (Å²) in [6, 6.07) is 0. The van der Waals surface area contributed by atoms with E-state index in [0.717, 1.165) is 141 Å². The van der Waals surface area contributed by atoms with Crippen LogP contribution in [0.2, 0.25) is 0 Å². The first-order chi connectivity index (χ1) is 41.0. The van der Waals surface area contributed by atoms with Crippen LogP contribution in [0.15, 0.2) is 134 Å². The van der Waals surface area contributed by atoms with Crippen LogP contribution in [0.4, 0.5) is 0 Å². The molecule has 0 radical (unpaired) electrons. The Morgan fingerprint density at radius 3 is 0.747 bits per heavy atom. The van der Waals surface area contributed by atoms with Gasteiger partial charge in [-0.05, 0) is 122 Å². The number of carbonyl (C=O) groups is 3. The van der Waals surface area contributed by atoms with Crippen molar-refractivity contribution in [1.29, 1.82) is 0 Å². The van der Waals surface area contributed by atoms with Crippen molar-refractivity contribution < 1.29 is 28.6 Å². The van der Waals surface area contributed by atoms with E-state index in [0.29, 0.717) is 19.3 Å². The fraction of sp³-hybridized carbons (Fsp3) is 0.675. The van der Waals surface area contributed by atoms with Crippen LogP contribution in [0.1, 0.15) is 316 Å². The molecule has 0 aromatic heterocycles. The zero-order valence-electron chi connectivity index (χ0n) is 54.2. The van der Waals surface area contributed by atoms with Gasteiger partial charge in [0.2, 0.25) is 0 Å². The van der Waals surface area contributed by atoms with Gasteiger partial charge in [-0.2, -0.15) is 0 Å². The second-order valence-electron chi connectivity index (χ2n) is 22.7. The minimum atomic E-state index is -0.794. The molecule has 6 heteroatoms. The minimum Gasteiger partial charge on any atom is -0.462 e. The van der Waals surface area contributed by atoms with Gasteiger partial charge < -0.3 is 14.2 Å². The van der Waals surface area contributed by atoms with Gasteiger partial charge in [-0.3, -0.25) is 14.4 Å². The zero-order valence-corrected chi connectivity index (χ0v) is 54.2. The lowest BCUT2D eigenvalue weighted by atomic mass is 10.0. The van der Waals surface area contributed by atoms with Crippen LogP contribution < -0.4 is 0 Å². The molecule has 0 saturated carbocycles. The number of allylic oxidation sites excluding steroid dienone is 22. The van der Waals surface area contributed by atoms with E-state index in [1.165, 1.54) is 135 Å². The van der Waals surface area contributed by atoms with Gasteiger partial charge in [-0.1, -0.05) is 309 Å². The first-order valence-electron chi connectivity index (χ1n) is 34.7. The third kappa shape index (κ3) is 68.2. The third-order valence-electron chi connectivity index (χ3n) is 14.6. The van der Waals surface area contributed by atoms with Crippen molar-refractivity contribution in [3.8, 4) is 0 Å². The molecular formula is C77H128O6. The number of unbranched alkanes of at least 4 members (excludes halogenated alkanes) is 29. The van der Waals surface area contributed by atoms with Crippen LogP contribution in [0.25, 0.3) is 0 Å². The highest BCUT2D eigenvalue weighted by Crippen LogP contribution is 2.16. The average molecular weight is 1150 g/mol. The Morgan fingerprint density at radius 2 is 0.470 bits per heavy atom. The van der Waals surface area contributed by atoms with Crippen molar-refractivity contribution in [3.05, 3.63) is 134 Å². The van der Waals surface area contributed by atoms with Gasteiger partial charge in [0.25, 0.3) is 0 Å². The summed E-state index contributed by atoms with van der Waals surface area (Å²) in [5.41, 5.74) is 0. The molecule has 1 unspecified atom stereocenters. The van der Waals surface area contributed by atoms with Crippen molar-refractivity contribution in [1.82, 2.24) is 0 Å². The predicted molar refractivity (Wildman–Crippen MR) is 362 cm³/mol. The summed E-state index contributed by atoms with van der Waals surface area (Å²) in [5.74, 6) is -0.915. The lowest BCUT2D eigenvalue weighted by Gasteiger charge is -2.18. The Balaban J connectivity index is 4.33. The van der Waals surface area contributed by atoms with E-state index in [-0.39, 0.29) is 31.1 Å². The molecule has 6 nitrogen and oxygen atoms in total. The SMILES string of the molecule is CC/C=C\C/C=C\C/C=C\C/C=C\C/C=C\C/C=C\C/C=C\C/C=C\C/C=C\C/C=C\CCCCCCC(=O)OCC(COC(=O)CCCCCCC/C=C\CCCCCCC)OC(=O)CCCCCCCCCCCCCCCCCC. The predicted octanol–water partition coefficient (Wildman–Crippen LogP) is 24.1. The maximum absolute atomic E-state index is 12.9. The molecule has 83 heavy (non-hydrogen) atoms. The Kier molecular flexibility index (Phi) is 66.3. The number of ether oxygens (including phenoxy) is 3. The molecule has 0 spiro atoms. The lowest BCUT2D eigenvalue weighted by molar-refractivity contribution is -0.167. The second kappa shape index (κ2) is 70.0. The summed E-state index contributed by atoms with van der Waals surface area (Å²) in [6.07, 6.45) is 99.0. The zero-order chi connectivity index (χ0) is 59.9. The summed E-state index contributed by atoms with van der Waals surface area (Å²) in [4.78, 5) is 38.3. The molecule has 0 heterocycles. The molecule has 0 rings (SSSR count). The van der Waals surface area contributed by atoms with E-state index in [1.54, 1.807) is 0 Å². The van der Waals surface area contributed by atoms with E-state index in [2.05, 4.69) is 154 Å². The summed E-state index contributed by atoms with van der Waals surface area (Å²) < 4.78 is 16.9. The van der Waals surface area contributed by atoms with Gasteiger partial charge in [0.05, 0.1) is 0 Å². The van der Waals surface area contributed by atoms with E-state index >= 15 is 0 Å². The van der Waals surface area contributed by atoms with Crippen molar-refractivity contribution in [2.75, 3.05) is 13.2 Å². The van der Waals surface area contributed by atoms with Crippen LogP contribution in [0, 0.1) is 0 Å². The van der Waals surface area contributed by atoms with Crippen LogP contribution >= 0.6 is 0 Å². The van der Waals surface area contributed by atoms with Gasteiger partial charge in [-0.15, -0.1) is 0 Å². The van der Waals surface area contributed by atoms with E-state index in [1.807, 2.05) is 0 Å². The van der Waals surface area contributed by atoms with Crippen LogP contribution in [0.3, 0.4) is 0 Å². The minimum absolute atomic E-state index is 0.0900. The molecule has 0 amide bonds. The van der Waals surface area contributed by atoms with Crippen LogP contribution in [-0.4, -0.2) is 37.2 Å². The van der Waals surface area contributed by atoms with E-state index in [4.69, 9.17) is 14.2 Å². The standard InChI is InChI=1S/C77H128O6/c1-4-7-10-13-16-19-22-25-28-30-31-32-33-34-35-36-37-38-39-40-41-42-43-44-45-46-47-48-50-52-55-58-61-64-67-70-76(79)82-73-74(72-81-75(78)69-66-63-60-57-54-51-27-24-21-18-15-12-9-6-3)83-77(80)71-68-65-62-59-56-53-49-29-26-23-20-17-14-11-8-5-2/h7,10,16,19,24-25,27-28,31-32,34-35,37-38,40-41,43-44,46-47,50,52,74H,4-6,8-9,11-15,17-18,20-23,26,29-30,33,36,39,42,45,48-49,51,53-73H2,1-3H3/b10-7-,19-16-,27-24-,28-25-,32-31-,35-34-,38-37-,41-40-,44-43-,47-46-,52-50-. The van der Waals surface area contributed by atoms with Crippen LogP contribution in [-0.2, 0) is 28.6 Å². The number of hydrogen-bond acceptors (Lipinski definition) is 6. The Hall–Kier alpha value is -4.45. The fourth-order valence-electron chi connectivity index (χ4n) is 9.47. The highest BCUT2D eigenvalue weighted by Gasteiger charge is 2.19. The summed E-state index contributed by atoms with van der Waals surface area (Å²) in [7, 11) is 0. The first-order valence-corrected chi connectivity index (χ1v) is 34.7. The smallest absolute Gasteiger partial charge is 0.306 e. The second-order valence-corrected chi connectivity index (χ2v) is 22.7. The Labute approximate surface area is 513 Å². The molecule has 0 aliphatic rings. The first kappa shape index (κ1) is 78.5. The van der Waals surface area contributed by atoms with Crippen LogP contribution in [0.5, 0.6) is 0 Å². The molecule has 0 aliphatic carbocycles. The van der Waals surface area contributed by atoms with Gasteiger partial charge >= 0.3 is 17.9 Å². The van der Waals surface area contributed by atoms with E-state index in [9.17, 15) is 14.4 Å². The molecule has 0 bridgehead atoms. The Morgan fingerprint density at radius 1 is 0.253 bits per heavy atom. The molecule has 472 valence electrons. The maximum Gasteiger partial charge on any atom is 0.306 e. The average Bonchev–Trinajstić information content (AvgIpc) is 3.49. The molecule has 0 N–H and O–H groups in total. The monoisotopic (exact) mass is 1150 g/mol. The highest BCUT2D eigenvalue weighted by molar-refractivity contribution is 5.71. The van der Waals surface area contributed by atoms with E-state index < -0.39 is 6.10 Å².